The van der Waals surface area contributed by atoms with Crippen molar-refractivity contribution in [3.63, 3.8) is 0 Å². The minimum atomic E-state index is -0.172. The van der Waals surface area contributed by atoms with Crippen LogP contribution in [-0.4, -0.2) is 41.0 Å². The van der Waals surface area contributed by atoms with Gasteiger partial charge >= 0.3 is 0 Å². The largest absolute Gasteiger partial charge is 0.395 e. The summed E-state index contributed by atoms with van der Waals surface area (Å²) in [5.74, 6) is -0.344. The summed E-state index contributed by atoms with van der Waals surface area (Å²) in [6.07, 6.45) is 5.13. The predicted molar refractivity (Wildman–Crippen MR) is 96.9 cm³/mol. The van der Waals surface area contributed by atoms with Crippen LogP contribution in [0.15, 0.2) is 30.3 Å². The van der Waals surface area contributed by atoms with E-state index in [1.807, 2.05) is 24.3 Å². The maximum atomic E-state index is 13.1. The number of anilines is 1. The minimum absolute atomic E-state index is 0.0179. The Bertz CT molecular complexity index is 818. The van der Waals surface area contributed by atoms with Gasteiger partial charge in [0, 0.05) is 40.2 Å². The monoisotopic (exact) mass is 338 g/mol. The second kappa shape index (κ2) is 6.48. The van der Waals surface area contributed by atoms with E-state index >= 15 is 0 Å². The summed E-state index contributed by atoms with van der Waals surface area (Å²) in [6, 6.07) is 9.27. The van der Waals surface area contributed by atoms with Crippen molar-refractivity contribution in [1.82, 2.24) is 4.90 Å². The zero-order valence-corrected chi connectivity index (χ0v) is 14.1. The standard InChI is InChI=1S/C20H22N2O3/c23-12-11-21-17-10-9-16-18-14(17)7-4-8-15(18)19(24)22(20(16)25)13-5-2-1-3-6-13/h4,7-10,13,21,23H,1-3,5-6,11-12H2. The highest BCUT2D eigenvalue weighted by Gasteiger charge is 2.37. The first-order chi connectivity index (χ1) is 12.2. The van der Waals surface area contributed by atoms with E-state index in [2.05, 4.69) is 5.32 Å². The second-order valence-electron chi connectivity index (χ2n) is 6.81. The van der Waals surface area contributed by atoms with Crippen LogP contribution >= 0.6 is 0 Å². The van der Waals surface area contributed by atoms with E-state index in [4.69, 9.17) is 5.11 Å². The third kappa shape index (κ3) is 2.59. The van der Waals surface area contributed by atoms with Crippen LogP contribution in [0.2, 0.25) is 0 Å². The number of aliphatic hydroxyl groups is 1. The van der Waals surface area contributed by atoms with Gasteiger partial charge in [0.15, 0.2) is 0 Å². The van der Waals surface area contributed by atoms with Gasteiger partial charge in [0.1, 0.15) is 0 Å². The number of benzene rings is 2. The topological polar surface area (TPSA) is 69.6 Å². The van der Waals surface area contributed by atoms with Crippen molar-refractivity contribution in [2.24, 2.45) is 0 Å². The van der Waals surface area contributed by atoms with Gasteiger partial charge in [-0.3, -0.25) is 14.5 Å². The van der Waals surface area contributed by atoms with E-state index in [1.165, 1.54) is 11.3 Å². The average molecular weight is 338 g/mol. The first kappa shape index (κ1) is 16.1. The van der Waals surface area contributed by atoms with Crippen molar-refractivity contribution in [3.8, 4) is 0 Å². The molecule has 5 nitrogen and oxygen atoms in total. The van der Waals surface area contributed by atoms with Crippen molar-refractivity contribution in [1.29, 1.82) is 0 Å². The van der Waals surface area contributed by atoms with Crippen LogP contribution in [0.4, 0.5) is 5.69 Å². The Morgan fingerprint density at radius 1 is 1.00 bits per heavy atom. The SMILES string of the molecule is O=C1c2cccc3c(NCCO)ccc(c23)C(=O)N1C1CCCCC1. The molecule has 0 radical (unpaired) electrons. The van der Waals surface area contributed by atoms with Crippen LogP contribution in [0.3, 0.4) is 0 Å². The fourth-order valence-electron chi connectivity index (χ4n) is 4.13. The molecule has 0 saturated heterocycles. The van der Waals surface area contributed by atoms with E-state index in [0.29, 0.717) is 17.7 Å². The molecule has 25 heavy (non-hydrogen) atoms. The number of amides is 2. The molecule has 0 atom stereocenters. The molecule has 0 bridgehead atoms. The van der Waals surface area contributed by atoms with Gasteiger partial charge in [-0.2, -0.15) is 0 Å². The Balaban J connectivity index is 1.82. The van der Waals surface area contributed by atoms with E-state index in [0.717, 1.165) is 42.1 Å². The Morgan fingerprint density at radius 2 is 1.72 bits per heavy atom. The molecular formula is C20H22N2O3. The molecule has 0 aromatic heterocycles. The molecule has 1 aliphatic carbocycles. The fourth-order valence-corrected chi connectivity index (χ4v) is 4.13. The summed E-state index contributed by atoms with van der Waals surface area (Å²) in [5.41, 5.74) is 2.04. The third-order valence-electron chi connectivity index (χ3n) is 5.31. The van der Waals surface area contributed by atoms with Crippen molar-refractivity contribution in [2.45, 2.75) is 38.1 Å². The molecule has 2 amide bonds. The molecule has 2 aromatic rings. The lowest BCUT2D eigenvalue weighted by Gasteiger charge is -2.36. The number of hydrogen-bond acceptors (Lipinski definition) is 4. The molecule has 2 N–H and O–H groups in total. The number of nitrogens with zero attached hydrogens (tertiary/aromatic N) is 1. The average Bonchev–Trinajstić information content (AvgIpc) is 2.65. The van der Waals surface area contributed by atoms with E-state index < -0.39 is 0 Å². The van der Waals surface area contributed by atoms with Gasteiger partial charge < -0.3 is 10.4 Å². The minimum Gasteiger partial charge on any atom is -0.395 e. The first-order valence-corrected chi connectivity index (χ1v) is 9.00. The lowest BCUT2D eigenvalue weighted by molar-refractivity contribution is 0.0503. The van der Waals surface area contributed by atoms with Crippen LogP contribution in [0.25, 0.3) is 10.8 Å². The van der Waals surface area contributed by atoms with Crippen LogP contribution in [0.1, 0.15) is 52.8 Å². The van der Waals surface area contributed by atoms with E-state index in [9.17, 15) is 9.59 Å². The highest BCUT2D eigenvalue weighted by atomic mass is 16.3. The lowest BCUT2D eigenvalue weighted by Crippen LogP contribution is -2.47. The highest BCUT2D eigenvalue weighted by Crippen LogP contribution is 2.36. The van der Waals surface area contributed by atoms with Gasteiger partial charge in [-0.05, 0) is 31.0 Å². The molecule has 1 aliphatic heterocycles. The summed E-state index contributed by atoms with van der Waals surface area (Å²) >= 11 is 0. The lowest BCUT2D eigenvalue weighted by atomic mass is 9.88. The van der Waals surface area contributed by atoms with Crippen molar-refractivity contribution in [3.05, 3.63) is 41.5 Å². The summed E-state index contributed by atoms with van der Waals surface area (Å²) in [6.45, 7) is 0.449. The number of rotatable bonds is 4. The van der Waals surface area contributed by atoms with Crippen LogP contribution in [-0.2, 0) is 0 Å². The summed E-state index contributed by atoms with van der Waals surface area (Å²) < 4.78 is 0. The Morgan fingerprint density at radius 3 is 2.44 bits per heavy atom. The Hall–Kier alpha value is -2.40. The fraction of sp³-hybridized carbons (Fsp3) is 0.400. The van der Waals surface area contributed by atoms with Gasteiger partial charge in [0.2, 0.25) is 0 Å². The molecule has 1 heterocycles. The number of carbonyl (C=O) groups is 2. The molecular weight excluding hydrogens is 316 g/mol. The molecule has 0 unspecified atom stereocenters. The van der Waals surface area contributed by atoms with Gasteiger partial charge in [0.25, 0.3) is 11.8 Å². The molecule has 1 fully saturated rings. The number of nitrogens with one attached hydrogen (secondary N) is 1. The number of hydrogen-bond donors (Lipinski definition) is 2. The maximum Gasteiger partial charge on any atom is 0.261 e. The molecule has 4 rings (SSSR count). The summed E-state index contributed by atoms with van der Waals surface area (Å²) in [4.78, 5) is 27.7. The molecule has 5 heteroatoms. The molecule has 2 aliphatic rings. The first-order valence-electron chi connectivity index (χ1n) is 9.00. The summed E-state index contributed by atoms with van der Waals surface area (Å²) in [5, 5.41) is 13.8. The zero-order chi connectivity index (χ0) is 17.4. The highest BCUT2D eigenvalue weighted by molar-refractivity contribution is 6.26. The number of carbonyl (C=O) groups excluding carboxylic acids is 2. The van der Waals surface area contributed by atoms with Gasteiger partial charge in [-0.1, -0.05) is 31.4 Å². The Labute approximate surface area is 146 Å². The molecule has 2 aromatic carbocycles. The van der Waals surface area contributed by atoms with Crippen molar-refractivity contribution in [2.75, 3.05) is 18.5 Å². The zero-order valence-electron chi connectivity index (χ0n) is 14.1. The molecule has 0 spiro atoms. The molecule has 1 saturated carbocycles. The van der Waals surface area contributed by atoms with Crippen LogP contribution in [0.5, 0.6) is 0 Å². The van der Waals surface area contributed by atoms with Crippen LogP contribution < -0.4 is 5.32 Å². The molecule has 130 valence electrons. The van der Waals surface area contributed by atoms with Gasteiger partial charge in [-0.25, -0.2) is 0 Å². The second-order valence-corrected chi connectivity index (χ2v) is 6.81. The predicted octanol–water partition coefficient (Wildman–Crippen LogP) is 3.17. The number of aliphatic hydroxyl groups excluding tert-OH is 1. The van der Waals surface area contributed by atoms with Crippen molar-refractivity contribution < 1.29 is 14.7 Å². The van der Waals surface area contributed by atoms with Gasteiger partial charge in [-0.15, -0.1) is 0 Å². The smallest absolute Gasteiger partial charge is 0.261 e. The third-order valence-corrected chi connectivity index (χ3v) is 5.31. The maximum absolute atomic E-state index is 13.1. The van der Waals surface area contributed by atoms with Crippen LogP contribution in [0, 0.1) is 0 Å². The van der Waals surface area contributed by atoms with E-state index in [-0.39, 0.29) is 24.5 Å². The normalized spacial score (nSPS) is 18.0. The quantitative estimate of drug-likeness (QED) is 0.840. The van der Waals surface area contributed by atoms with E-state index in [1.54, 1.807) is 6.07 Å². The van der Waals surface area contributed by atoms with Crippen molar-refractivity contribution >= 4 is 28.3 Å². The van der Waals surface area contributed by atoms with Gasteiger partial charge in [0.05, 0.1) is 6.61 Å². The summed E-state index contributed by atoms with van der Waals surface area (Å²) in [7, 11) is 0. The Kier molecular flexibility index (Phi) is 4.17. The number of imide groups is 1.